The molecule has 3 amide bonds. The van der Waals surface area contributed by atoms with Gasteiger partial charge < -0.3 is 11.1 Å². The molecule has 0 aliphatic carbocycles. The van der Waals surface area contributed by atoms with Crippen LogP contribution in [-0.2, 0) is 4.79 Å². The molecule has 0 bridgehead atoms. The Labute approximate surface area is 129 Å². The van der Waals surface area contributed by atoms with Gasteiger partial charge in [-0.2, -0.15) is 0 Å². The Morgan fingerprint density at radius 3 is 2.90 bits per heavy atom. The molecule has 7 nitrogen and oxygen atoms in total. The number of hydrogen-bond acceptors (Lipinski definition) is 7. The summed E-state index contributed by atoms with van der Waals surface area (Å²) in [6.07, 6.45) is 0. The number of benzene rings is 1. The Morgan fingerprint density at radius 1 is 1.38 bits per heavy atom. The Kier molecular flexibility index (Phi) is 5.12. The highest BCUT2D eigenvalue weighted by Gasteiger charge is 2.09. The maximum atomic E-state index is 11.3. The topological polar surface area (TPSA) is 110 Å². The van der Waals surface area contributed by atoms with Crippen molar-refractivity contribution in [2.45, 2.75) is 11.3 Å². The van der Waals surface area contributed by atoms with Gasteiger partial charge in [0.15, 0.2) is 4.34 Å². The number of hydrogen-bond donors (Lipinski definition) is 3. The van der Waals surface area contributed by atoms with Crippen LogP contribution in [0.15, 0.2) is 28.6 Å². The van der Waals surface area contributed by atoms with Gasteiger partial charge in [0.1, 0.15) is 0 Å². The number of nitrogens with zero attached hydrogens (tertiary/aromatic N) is 2. The van der Waals surface area contributed by atoms with Crippen molar-refractivity contribution in [3.8, 4) is 0 Å². The number of imide groups is 1. The Bertz CT molecular complexity index is 659. The van der Waals surface area contributed by atoms with E-state index in [0.717, 1.165) is 11.3 Å². The van der Waals surface area contributed by atoms with Crippen LogP contribution in [0.25, 0.3) is 0 Å². The highest BCUT2D eigenvalue weighted by Crippen LogP contribution is 2.27. The number of nitrogens with one attached hydrogen (secondary N) is 2. The minimum Gasteiger partial charge on any atom is -0.351 e. The van der Waals surface area contributed by atoms with Gasteiger partial charge in [-0.15, -0.1) is 10.2 Å². The van der Waals surface area contributed by atoms with Crippen molar-refractivity contribution < 1.29 is 9.59 Å². The molecule has 0 saturated heterocycles. The first-order valence-electron chi connectivity index (χ1n) is 5.92. The van der Waals surface area contributed by atoms with Crippen LogP contribution in [0.2, 0.25) is 0 Å². The van der Waals surface area contributed by atoms with E-state index in [2.05, 4.69) is 15.5 Å². The summed E-state index contributed by atoms with van der Waals surface area (Å²) in [7, 11) is 0. The number of thioether (sulfide) groups is 1. The van der Waals surface area contributed by atoms with E-state index in [-0.39, 0.29) is 5.75 Å². The molecule has 0 saturated carbocycles. The molecule has 21 heavy (non-hydrogen) atoms. The van der Waals surface area contributed by atoms with Gasteiger partial charge in [0.2, 0.25) is 11.0 Å². The molecule has 9 heteroatoms. The summed E-state index contributed by atoms with van der Waals surface area (Å²) in [4.78, 5) is 21.8. The lowest BCUT2D eigenvalue weighted by molar-refractivity contribution is -0.117. The largest absolute Gasteiger partial charge is 0.351 e. The number of primary amides is 1. The summed E-state index contributed by atoms with van der Waals surface area (Å²) in [5, 5.41) is 13.7. The average molecular weight is 323 g/mol. The summed E-state index contributed by atoms with van der Waals surface area (Å²) >= 11 is 2.52. The highest BCUT2D eigenvalue weighted by molar-refractivity contribution is 8.01. The van der Waals surface area contributed by atoms with Crippen LogP contribution in [0.4, 0.5) is 15.6 Å². The third kappa shape index (κ3) is 5.04. The second kappa shape index (κ2) is 7.04. The first-order chi connectivity index (χ1) is 10.0. The molecule has 1 aromatic carbocycles. The van der Waals surface area contributed by atoms with Crippen molar-refractivity contribution >= 4 is 45.9 Å². The smallest absolute Gasteiger partial charge is 0.318 e. The summed E-state index contributed by atoms with van der Waals surface area (Å²) in [5.74, 6) is -0.405. The lowest BCUT2D eigenvalue weighted by Crippen LogP contribution is -2.36. The number of amides is 3. The average Bonchev–Trinajstić information content (AvgIpc) is 2.83. The summed E-state index contributed by atoms with van der Waals surface area (Å²) in [6.45, 7) is 2.00. The van der Waals surface area contributed by atoms with Crippen molar-refractivity contribution in [2.75, 3.05) is 11.1 Å². The normalized spacial score (nSPS) is 10.1. The predicted molar refractivity (Wildman–Crippen MR) is 82.8 cm³/mol. The number of anilines is 2. The molecule has 0 radical (unpaired) electrons. The van der Waals surface area contributed by atoms with Gasteiger partial charge in [0, 0.05) is 5.69 Å². The van der Waals surface area contributed by atoms with Crippen molar-refractivity contribution in [3.63, 3.8) is 0 Å². The van der Waals surface area contributed by atoms with E-state index in [4.69, 9.17) is 5.73 Å². The number of urea groups is 1. The number of nitrogens with two attached hydrogens (primary N) is 1. The van der Waals surface area contributed by atoms with Gasteiger partial charge in [0.05, 0.1) is 5.75 Å². The van der Waals surface area contributed by atoms with E-state index >= 15 is 0 Å². The van der Waals surface area contributed by atoms with Crippen LogP contribution in [-0.4, -0.2) is 27.9 Å². The Hall–Kier alpha value is -2.13. The molecule has 0 spiro atoms. The zero-order chi connectivity index (χ0) is 15.2. The molecule has 4 N–H and O–H groups in total. The second-order valence-electron chi connectivity index (χ2n) is 4.07. The Balaban J connectivity index is 1.89. The molecule has 0 fully saturated rings. The molecule has 0 atom stereocenters. The molecule has 0 aliphatic heterocycles. The summed E-state index contributed by atoms with van der Waals surface area (Å²) in [5.41, 5.74) is 6.92. The van der Waals surface area contributed by atoms with Crippen LogP contribution in [0, 0.1) is 6.92 Å². The molecule has 1 heterocycles. The minimum absolute atomic E-state index is 0.0576. The van der Waals surface area contributed by atoms with Gasteiger partial charge in [-0.25, -0.2) is 4.79 Å². The maximum Gasteiger partial charge on any atom is 0.318 e. The quantitative estimate of drug-likeness (QED) is 0.725. The van der Waals surface area contributed by atoms with Gasteiger partial charge in [0.25, 0.3) is 0 Å². The summed E-state index contributed by atoms with van der Waals surface area (Å²) < 4.78 is 0.629. The molecular formula is C12H13N5O2S2. The van der Waals surface area contributed by atoms with Gasteiger partial charge >= 0.3 is 6.03 Å². The number of aromatic nitrogens is 2. The third-order valence-electron chi connectivity index (χ3n) is 2.27. The fraction of sp³-hybridized carbons (Fsp3) is 0.167. The number of carbonyl (C=O) groups excluding carboxylic acids is 2. The van der Waals surface area contributed by atoms with E-state index in [1.807, 2.05) is 36.5 Å². The maximum absolute atomic E-state index is 11.3. The van der Waals surface area contributed by atoms with Gasteiger partial charge in [-0.05, 0) is 24.6 Å². The monoisotopic (exact) mass is 323 g/mol. The zero-order valence-corrected chi connectivity index (χ0v) is 12.8. The molecule has 0 aliphatic rings. The van der Waals surface area contributed by atoms with E-state index in [1.165, 1.54) is 23.1 Å². The standard InChI is InChI=1S/C12H13N5O2S2/c1-7-3-2-4-8(5-7)14-11-16-17-12(21-11)20-6-9(18)15-10(13)19/h2-5H,6H2,1H3,(H,14,16)(H3,13,15,18,19). The zero-order valence-electron chi connectivity index (χ0n) is 11.1. The van der Waals surface area contributed by atoms with Crippen molar-refractivity contribution in [3.05, 3.63) is 29.8 Å². The molecular weight excluding hydrogens is 310 g/mol. The van der Waals surface area contributed by atoms with Crippen molar-refractivity contribution in [1.82, 2.24) is 15.5 Å². The SMILES string of the molecule is Cc1cccc(Nc2nnc(SCC(=O)NC(N)=O)s2)c1. The summed E-state index contributed by atoms with van der Waals surface area (Å²) in [6, 6.07) is 7.02. The molecule has 110 valence electrons. The lowest BCUT2D eigenvalue weighted by atomic mass is 10.2. The number of carbonyl (C=O) groups is 2. The molecule has 0 unspecified atom stereocenters. The molecule has 2 aromatic rings. The Morgan fingerprint density at radius 2 is 2.19 bits per heavy atom. The fourth-order valence-corrected chi connectivity index (χ4v) is 3.04. The number of aryl methyl sites for hydroxylation is 1. The van der Waals surface area contributed by atoms with Crippen LogP contribution >= 0.6 is 23.1 Å². The highest BCUT2D eigenvalue weighted by atomic mass is 32.2. The van der Waals surface area contributed by atoms with Crippen LogP contribution in [0.5, 0.6) is 0 Å². The van der Waals surface area contributed by atoms with Crippen molar-refractivity contribution in [2.24, 2.45) is 5.73 Å². The van der Waals surface area contributed by atoms with Gasteiger partial charge in [-0.3, -0.25) is 10.1 Å². The van der Waals surface area contributed by atoms with Crippen LogP contribution < -0.4 is 16.4 Å². The van der Waals surface area contributed by atoms with Crippen LogP contribution in [0.3, 0.4) is 0 Å². The molecule has 1 aromatic heterocycles. The molecule has 2 rings (SSSR count). The lowest BCUT2D eigenvalue weighted by Gasteiger charge is -2.01. The van der Waals surface area contributed by atoms with Crippen molar-refractivity contribution in [1.29, 1.82) is 0 Å². The predicted octanol–water partition coefficient (Wildman–Crippen LogP) is 1.88. The van der Waals surface area contributed by atoms with Crippen LogP contribution in [0.1, 0.15) is 5.56 Å². The van der Waals surface area contributed by atoms with E-state index in [1.54, 1.807) is 0 Å². The van der Waals surface area contributed by atoms with Gasteiger partial charge in [-0.1, -0.05) is 35.2 Å². The first-order valence-corrected chi connectivity index (χ1v) is 7.72. The first kappa shape index (κ1) is 15.3. The van der Waals surface area contributed by atoms with E-state index in [9.17, 15) is 9.59 Å². The minimum atomic E-state index is -0.861. The number of rotatable bonds is 5. The van der Waals surface area contributed by atoms with E-state index < -0.39 is 11.9 Å². The fourth-order valence-electron chi connectivity index (χ4n) is 1.47. The third-order valence-corrected chi connectivity index (χ3v) is 4.24. The second-order valence-corrected chi connectivity index (χ2v) is 6.27. The van der Waals surface area contributed by atoms with E-state index in [0.29, 0.717) is 9.47 Å².